The van der Waals surface area contributed by atoms with E-state index in [1.807, 2.05) is 12.1 Å². The van der Waals surface area contributed by atoms with E-state index >= 15 is 4.39 Å². The minimum Gasteiger partial charge on any atom is -0.457 e. The lowest BCUT2D eigenvalue weighted by atomic mass is 9.48. The summed E-state index contributed by atoms with van der Waals surface area (Å²) in [4.78, 5) is 18.8. The summed E-state index contributed by atoms with van der Waals surface area (Å²) in [6.07, 6.45) is 7.30. The molecule has 160 valence electrons. The number of ether oxygens (including phenoxy) is 1. The van der Waals surface area contributed by atoms with Crippen LogP contribution in [0.25, 0.3) is 0 Å². The van der Waals surface area contributed by atoms with Gasteiger partial charge in [-0.2, -0.15) is 0 Å². The first-order valence-electron chi connectivity index (χ1n) is 10.8. The van der Waals surface area contributed by atoms with Gasteiger partial charge in [-0.3, -0.25) is 4.57 Å². The third-order valence-electron chi connectivity index (χ3n) is 7.55. The van der Waals surface area contributed by atoms with E-state index in [-0.39, 0.29) is 16.5 Å². The zero-order valence-electron chi connectivity index (χ0n) is 17.4. The Morgan fingerprint density at radius 1 is 0.967 bits per heavy atom. The Hall–Kier alpha value is -1.68. The van der Waals surface area contributed by atoms with Crippen molar-refractivity contribution in [3.05, 3.63) is 52.8 Å². The van der Waals surface area contributed by atoms with Gasteiger partial charge in [0.15, 0.2) is 0 Å². The van der Waals surface area contributed by atoms with Gasteiger partial charge in [-0.1, -0.05) is 6.07 Å². The van der Waals surface area contributed by atoms with Gasteiger partial charge in [0.2, 0.25) is 0 Å². The second-order valence-corrected chi connectivity index (χ2v) is 11.5. The van der Waals surface area contributed by atoms with Crippen molar-refractivity contribution in [2.24, 2.45) is 17.8 Å². The highest BCUT2D eigenvalue weighted by molar-refractivity contribution is 7.60. The summed E-state index contributed by atoms with van der Waals surface area (Å²) in [6.45, 7) is 3.48. The Kier molecular flexibility index (Phi) is 4.66. The van der Waals surface area contributed by atoms with E-state index in [0.717, 1.165) is 42.6 Å². The maximum absolute atomic E-state index is 15.3. The molecule has 4 aliphatic carbocycles. The number of aryl methyl sites for hydroxylation is 2. The molecule has 6 rings (SSSR count). The molecule has 0 atom stereocenters. The van der Waals surface area contributed by atoms with Crippen LogP contribution in [0.4, 0.5) is 4.39 Å². The fourth-order valence-corrected chi connectivity index (χ4v) is 7.53. The molecule has 0 heterocycles. The van der Waals surface area contributed by atoms with Crippen LogP contribution in [0.5, 0.6) is 11.5 Å². The highest BCUT2D eigenvalue weighted by Gasteiger charge is 2.52. The first-order valence-corrected chi connectivity index (χ1v) is 12.4. The SMILES string of the molecule is Cc1cc(P(=O)(O)O)cc(C)c1Oc1ccc([C@]23CC4C[C@@H](C[C@H](C4)C2)C3)c(F)c1. The molecule has 6 heteroatoms. The van der Waals surface area contributed by atoms with Crippen molar-refractivity contribution >= 4 is 12.9 Å². The molecular weight excluding hydrogens is 402 g/mol. The van der Waals surface area contributed by atoms with Crippen LogP contribution in [0.1, 0.15) is 55.2 Å². The zero-order chi connectivity index (χ0) is 21.3. The third-order valence-corrected chi connectivity index (χ3v) is 8.48. The van der Waals surface area contributed by atoms with Crippen LogP contribution in [0.15, 0.2) is 30.3 Å². The quantitative estimate of drug-likeness (QED) is 0.628. The predicted molar refractivity (Wildman–Crippen MR) is 114 cm³/mol. The predicted octanol–water partition coefficient (Wildman–Crippen LogP) is 5.51. The Balaban J connectivity index is 1.43. The van der Waals surface area contributed by atoms with Crippen molar-refractivity contribution in [1.82, 2.24) is 0 Å². The second kappa shape index (κ2) is 6.91. The molecule has 0 aromatic heterocycles. The van der Waals surface area contributed by atoms with E-state index in [2.05, 4.69) is 0 Å². The largest absolute Gasteiger partial charge is 0.457 e. The van der Waals surface area contributed by atoms with E-state index in [0.29, 0.717) is 22.6 Å². The first-order chi connectivity index (χ1) is 14.1. The molecule has 0 amide bonds. The van der Waals surface area contributed by atoms with E-state index in [1.54, 1.807) is 13.8 Å². The molecule has 0 spiro atoms. The van der Waals surface area contributed by atoms with Crippen LogP contribution in [0.2, 0.25) is 0 Å². The molecule has 0 saturated heterocycles. The van der Waals surface area contributed by atoms with Crippen molar-refractivity contribution in [3.63, 3.8) is 0 Å². The van der Waals surface area contributed by atoms with Crippen molar-refractivity contribution in [2.75, 3.05) is 0 Å². The van der Waals surface area contributed by atoms with Gasteiger partial charge < -0.3 is 14.5 Å². The normalized spacial score (nSPS) is 30.0. The molecule has 2 N–H and O–H groups in total. The molecule has 4 fully saturated rings. The summed E-state index contributed by atoms with van der Waals surface area (Å²) < 4.78 is 32.8. The maximum atomic E-state index is 15.3. The molecule has 4 saturated carbocycles. The van der Waals surface area contributed by atoms with Crippen LogP contribution < -0.4 is 10.0 Å². The number of benzene rings is 2. The van der Waals surface area contributed by atoms with E-state index in [9.17, 15) is 14.4 Å². The summed E-state index contributed by atoms with van der Waals surface area (Å²) in [6, 6.07) is 8.09. The molecule has 2 aromatic rings. The number of halogens is 1. The van der Waals surface area contributed by atoms with Crippen molar-refractivity contribution in [1.29, 1.82) is 0 Å². The van der Waals surface area contributed by atoms with Crippen LogP contribution in [-0.2, 0) is 9.98 Å². The van der Waals surface area contributed by atoms with Crippen LogP contribution >= 0.6 is 7.60 Å². The van der Waals surface area contributed by atoms with Gasteiger partial charge in [0.25, 0.3) is 0 Å². The molecule has 4 bridgehead atoms. The smallest absolute Gasteiger partial charge is 0.356 e. The number of hydrogen-bond donors (Lipinski definition) is 2. The topological polar surface area (TPSA) is 66.8 Å². The molecule has 0 aliphatic heterocycles. The van der Waals surface area contributed by atoms with Gasteiger partial charge in [0, 0.05) is 6.07 Å². The highest BCUT2D eigenvalue weighted by atomic mass is 31.2. The number of rotatable bonds is 4. The van der Waals surface area contributed by atoms with Gasteiger partial charge in [-0.25, -0.2) is 4.39 Å². The zero-order valence-corrected chi connectivity index (χ0v) is 18.3. The van der Waals surface area contributed by atoms with Crippen LogP contribution in [0.3, 0.4) is 0 Å². The van der Waals surface area contributed by atoms with E-state index in [1.165, 1.54) is 37.5 Å². The Morgan fingerprint density at radius 3 is 1.97 bits per heavy atom. The lowest BCUT2D eigenvalue weighted by Gasteiger charge is -2.57. The van der Waals surface area contributed by atoms with Gasteiger partial charge in [-0.05, 0) is 110 Å². The molecule has 4 aliphatic rings. The minimum absolute atomic E-state index is 0.00570. The minimum atomic E-state index is -4.33. The van der Waals surface area contributed by atoms with Crippen LogP contribution in [-0.4, -0.2) is 9.79 Å². The molecule has 30 heavy (non-hydrogen) atoms. The summed E-state index contributed by atoms with van der Waals surface area (Å²) in [5.41, 5.74) is 2.06. The monoisotopic (exact) mass is 430 g/mol. The lowest BCUT2D eigenvalue weighted by molar-refractivity contribution is -0.00676. The van der Waals surface area contributed by atoms with Crippen molar-refractivity contribution in [3.8, 4) is 11.5 Å². The average molecular weight is 430 g/mol. The first kappa shape index (κ1) is 20.2. The summed E-state index contributed by atoms with van der Waals surface area (Å²) in [5.74, 6) is 2.99. The van der Waals surface area contributed by atoms with E-state index < -0.39 is 7.60 Å². The van der Waals surface area contributed by atoms with Crippen molar-refractivity contribution < 1.29 is 23.5 Å². The van der Waals surface area contributed by atoms with Gasteiger partial charge in [-0.15, -0.1) is 0 Å². The molecular formula is C24H28FO4P. The molecule has 0 unspecified atom stereocenters. The molecule has 4 nitrogen and oxygen atoms in total. The number of hydrogen-bond acceptors (Lipinski definition) is 2. The standard InChI is InChI=1S/C24H28FO4P/c1-14-5-20(30(26,27)28)6-15(2)23(14)29-19-3-4-21(22(25)10-19)24-11-16-7-17(12-24)9-18(8-16)13-24/h3-6,10,16-18H,7-9,11-13H2,1-2H3,(H2,26,27,28)/t16-,17-,18?,24-/m1/s1. The molecule has 2 aromatic carbocycles. The van der Waals surface area contributed by atoms with E-state index in [4.69, 9.17) is 4.74 Å². The van der Waals surface area contributed by atoms with Gasteiger partial charge in [0.1, 0.15) is 17.3 Å². The van der Waals surface area contributed by atoms with Crippen LogP contribution in [0, 0.1) is 37.4 Å². The highest BCUT2D eigenvalue weighted by Crippen LogP contribution is 2.61. The Labute approximate surface area is 176 Å². The lowest BCUT2D eigenvalue weighted by Crippen LogP contribution is -2.48. The van der Waals surface area contributed by atoms with Gasteiger partial charge in [0.05, 0.1) is 5.30 Å². The average Bonchev–Trinajstić information content (AvgIpc) is 2.62. The second-order valence-electron chi connectivity index (χ2n) is 9.89. The fraction of sp³-hybridized carbons (Fsp3) is 0.500. The fourth-order valence-electron chi connectivity index (χ4n) is 6.80. The molecule has 0 radical (unpaired) electrons. The van der Waals surface area contributed by atoms with Crippen molar-refractivity contribution in [2.45, 2.75) is 57.8 Å². The summed E-state index contributed by atoms with van der Waals surface area (Å²) in [5, 5.41) is -0.0341. The summed E-state index contributed by atoms with van der Waals surface area (Å²) >= 11 is 0. The van der Waals surface area contributed by atoms with Gasteiger partial charge >= 0.3 is 7.60 Å². The maximum Gasteiger partial charge on any atom is 0.356 e. The Bertz CT molecular complexity index is 999. The Morgan fingerprint density at radius 2 is 1.50 bits per heavy atom. The third kappa shape index (κ3) is 3.41. The summed E-state index contributed by atoms with van der Waals surface area (Å²) in [7, 11) is -4.33.